The number of hydrogen-bond donors (Lipinski definition) is 0. The van der Waals surface area contributed by atoms with Gasteiger partial charge < -0.3 is 4.90 Å². The van der Waals surface area contributed by atoms with Gasteiger partial charge in [0.05, 0.1) is 11.6 Å². The van der Waals surface area contributed by atoms with Crippen LogP contribution in [0.2, 0.25) is 5.02 Å². The molecule has 4 heteroatoms. The normalized spacial score (nSPS) is 15.2. The van der Waals surface area contributed by atoms with E-state index in [1.807, 2.05) is 6.07 Å². The number of carbonyl (C=O) groups is 1. The third kappa shape index (κ3) is 2.17. The Balaban J connectivity index is 2.21. The van der Waals surface area contributed by atoms with Crippen molar-refractivity contribution in [1.29, 1.82) is 5.26 Å². The fraction of sp³-hybridized carbons (Fsp3) is 0.333. The first kappa shape index (κ1) is 11.0. The average Bonchev–Trinajstić information content (AvgIpc) is 2.67. The lowest BCUT2D eigenvalue weighted by molar-refractivity contribution is -0.128. The van der Waals surface area contributed by atoms with Gasteiger partial charge in [-0.05, 0) is 24.1 Å². The number of halogens is 1. The Hall–Kier alpha value is -1.53. The molecule has 0 unspecified atom stereocenters. The number of rotatable bonds is 2. The van der Waals surface area contributed by atoms with Crippen molar-refractivity contribution in [1.82, 2.24) is 4.90 Å². The number of amides is 1. The van der Waals surface area contributed by atoms with E-state index in [9.17, 15) is 4.79 Å². The molecule has 0 aliphatic carbocycles. The molecule has 16 heavy (non-hydrogen) atoms. The van der Waals surface area contributed by atoms with Crippen LogP contribution in [0.3, 0.4) is 0 Å². The standard InChI is InChI=1S/C12H11ClN2O/c13-11-4-3-9(10(6-11)7-14)8-15-5-1-2-12(15)16/h3-4,6H,1-2,5,8H2. The molecule has 3 nitrogen and oxygen atoms in total. The number of nitriles is 1. The van der Waals surface area contributed by atoms with E-state index in [-0.39, 0.29) is 5.91 Å². The van der Waals surface area contributed by atoms with Crippen molar-refractivity contribution in [3.05, 3.63) is 34.3 Å². The molecule has 0 saturated carbocycles. The zero-order valence-corrected chi connectivity index (χ0v) is 9.50. The van der Waals surface area contributed by atoms with E-state index >= 15 is 0 Å². The van der Waals surface area contributed by atoms with E-state index in [1.165, 1.54) is 0 Å². The van der Waals surface area contributed by atoms with Gasteiger partial charge in [-0.1, -0.05) is 17.7 Å². The summed E-state index contributed by atoms with van der Waals surface area (Å²) in [5.41, 5.74) is 1.41. The predicted octanol–water partition coefficient (Wildman–Crippen LogP) is 2.33. The molecule has 1 saturated heterocycles. The maximum Gasteiger partial charge on any atom is 0.222 e. The average molecular weight is 235 g/mol. The molecule has 0 bridgehead atoms. The van der Waals surface area contributed by atoms with Crippen molar-refractivity contribution < 1.29 is 4.79 Å². The molecule has 0 aromatic heterocycles. The molecule has 0 atom stereocenters. The Morgan fingerprint density at radius 3 is 2.94 bits per heavy atom. The van der Waals surface area contributed by atoms with Crippen molar-refractivity contribution in [2.24, 2.45) is 0 Å². The molecule has 82 valence electrons. The van der Waals surface area contributed by atoms with E-state index in [1.54, 1.807) is 17.0 Å². The summed E-state index contributed by atoms with van der Waals surface area (Å²) in [4.78, 5) is 13.2. The van der Waals surface area contributed by atoms with Crippen LogP contribution >= 0.6 is 11.6 Å². The molecule has 1 aromatic carbocycles. The van der Waals surface area contributed by atoms with Gasteiger partial charge in [-0.15, -0.1) is 0 Å². The summed E-state index contributed by atoms with van der Waals surface area (Å²) in [6.07, 6.45) is 1.53. The van der Waals surface area contributed by atoms with Crippen LogP contribution in [0.4, 0.5) is 0 Å². The van der Waals surface area contributed by atoms with Gasteiger partial charge in [-0.25, -0.2) is 0 Å². The van der Waals surface area contributed by atoms with Crippen molar-refractivity contribution in [2.45, 2.75) is 19.4 Å². The molecule has 1 aliphatic heterocycles. The lowest BCUT2D eigenvalue weighted by Crippen LogP contribution is -2.24. The summed E-state index contributed by atoms with van der Waals surface area (Å²) in [7, 11) is 0. The Bertz CT molecular complexity index is 465. The minimum absolute atomic E-state index is 0.166. The minimum Gasteiger partial charge on any atom is -0.338 e. The van der Waals surface area contributed by atoms with Gasteiger partial charge in [0.25, 0.3) is 0 Å². The second-order valence-electron chi connectivity index (χ2n) is 3.83. The summed E-state index contributed by atoms with van der Waals surface area (Å²) < 4.78 is 0. The highest BCUT2D eigenvalue weighted by Gasteiger charge is 2.20. The lowest BCUT2D eigenvalue weighted by Gasteiger charge is -2.16. The van der Waals surface area contributed by atoms with Crippen LogP contribution in [0.25, 0.3) is 0 Å². The molecule has 0 N–H and O–H groups in total. The highest BCUT2D eigenvalue weighted by atomic mass is 35.5. The molecular weight excluding hydrogens is 224 g/mol. The highest BCUT2D eigenvalue weighted by molar-refractivity contribution is 6.30. The van der Waals surface area contributed by atoms with Crippen LogP contribution in [-0.2, 0) is 11.3 Å². The van der Waals surface area contributed by atoms with Crippen molar-refractivity contribution >= 4 is 17.5 Å². The van der Waals surface area contributed by atoms with Gasteiger partial charge in [-0.2, -0.15) is 5.26 Å². The van der Waals surface area contributed by atoms with Crippen molar-refractivity contribution in [3.8, 4) is 6.07 Å². The third-order valence-electron chi connectivity index (χ3n) is 2.72. The van der Waals surface area contributed by atoms with Gasteiger partial charge in [0, 0.05) is 24.5 Å². The van der Waals surface area contributed by atoms with Crippen LogP contribution in [0, 0.1) is 11.3 Å². The molecule has 1 aliphatic rings. The van der Waals surface area contributed by atoms with Gasteiger partial charge in [-0.3, -0.25) is 4.79 Å². The number of hydrogen-bond acceptors (Lipinski definition) is 2. The van der Waals surface area contributed by atoms with Gasteiger partial charge in [0.15, 0.2) is 0 Å². The van der Waals surface area contributed by atoms with E-state index in [2.05, 4.69) is 6.07 Å². The Morgan fingerprint density at radius 2 is 2.31 bits per heavy atom. The molecular formula is C12H11ClN2O. The van der Waals surface area contributed by atoms with Gasteiger partial charge in [0.2, 0.25) is 5.91 Å². The SMILES string of the molecule is N#Cc1cc(Cl)ccc1CN1CCCC1=O. The Kier molecular flexibility index (Phi) is 3.12. The summed E-state index contributed by atoms with van der Waals surface area (Å²) in [6, 6.07) is 7.30. The van der Waals surface area contributed by atoms with Crippen LogP contribution in [-0.4, -0.2) is 17.4 Å². The number of carbonyl (C=O) groups excluding carboxylic acids is 1. The second-order valence-corrected chi connectivity index (χ2v) is 4.27. The zero-order chi connectivity index (χ0) is 11.5. The largest absolute Gasteiger partial charge is 0.338 e. The maximum absolute atomic E-state index is 11.5. The van der Waals surface area contributed by atoms with Crippen LogP contribution < -0.4 is 0 Å². The molecule has 1 amide bonds. The van der Waals surface area contributed by atoms with Crippen molar-refractivity contribution in [3.63, 3.8) is 0 Å². The van der Waals surface area contributed by atoms with Crippen molar-refractivity contribution in [2.75, 3.05) is 6.54 Å². The first-order valence-corrected chi connectivity index (χ1v) is 5.55. The van der Waals surface area contributed by atoms with E-state index < -0.39 is 0 Å². The van der Waals surface area contributed by atoms with E-state index in [0.717, 1.165) is 18.5 Å². The molecule has 0 spiro atoms. The van der Waals surface area contributed by atoms with E-state index in [4.69, 9.17) is 16.9 Å². The fourth-order valence-corrected chi connectivity index (χ4v) is 2.04. The van der Waals surface area contributed by atoms with Gasteiger partial charge >= 0.3 is 0 Å². The lowest BCUT2D eigenvalue weighted by atomic mass is 10.1. The topological polar surface area (TPSA) is 44.1 Å². The number of benzene rings is 1. The number of nitrogens with zero attached hydrogens (tertiary/aromatic N) is 2. The summed E-state index contributed by atoms with van der Waals surface area (Å²) >= 11 is 5.81. The van der Waals surface area contributed by atoms with Crippen LogP contribution in [0.1, 0.15) is 24.0 Å². The number of likely N-dealkylation sites (tertiary alicyclic amines) is 1. The molecule has 0 radical (unpaired) electrons. The second kappa shape index (κ2) is 4.54. The maximum atomic E-state index is 11.5. The predicted molar refractivity (Wildman–Crippen MR) is 60.8 cm³/mol. The smallest absolute Gasteiger partial charge is 0.222 e. The summed E-state index contributed by atoms with van der Waals surface area (Å²) in [6.45, 7) is 1.30. The van der Waals surface area contributed by atoms with Crippen LogP contribution in [0.5, 0.6) is 0 Å². The Morgan fingerprint density at radius 1 is 1.50 bits per heavy atom. The molecule has 1 heterocycles. The Labute approximate surface area is 99.2 Å². The molecule has 1 fully saturated rings. The highest BCUT2D eigenvalue weighted by Crippen LogP contribution is 2.19. The van der Waals surface area contributed by atoms with Crippen LogP contribution in [0.15, 0.2) is 18.2 Å². The quantitative estimate of drug-likeness (QED) is 0.788. The van der Waals surface area contributed by atoms with Gasteiger partial charge in [0.1, 0.15) is 0 Å². The first-order valence-electron chi connectivity index (χ1n) is 5.17. The van der Waals surface area contributed by atoms with E-state index in [0.29, 0.717) is 23.6 Å². The molecule has 1 aromatic rings. The fourth-order valence-electron chi connectivity index (χ4n) is 1.87. The summed E-state index contributed by atoms with van der Waals surface area (Å²) in [5.74, 6) is 0.166. The monoisotopic (exact) mass is 234 g/mol. The summed E-state index contributed by atoms with van der Waals surface area (Å²) in [5, 5.41) is 9.52. The molecule has 2 rings (SSSR count). The zero-order valence-electron chi connectivity index (χ0n) is 8.74. The third-order valence-corrected chi connectivity index (χ3v) is 2.96. The first-order chi connectivity index (χ1) is 7.70. The minimum atomic E-state index is 0.166.